The molecule has 86 valence electrons. The Morgan fingerprint density at radius 1 is 1.31 bits per heavy atom. The Morgan fingerprint density at radius 3 is 2.88 bits per heavy atom. The zero-order valence-electron chi connectivity index (χ0n) is 10.2. The Kier molecular flexibility index (Phi) is 5.42. The first kappa shape index (κ1) is 12.6. The van der Waals surface area contributed by atoms with E-state index < -0.39 is 0 Å². The van der Waals surface area contributed by atoms with Crippen LogP contribution in [0, 0.1) is 18.8 Å². The van der Waals surface area contributed by atoms with Crippen molar-refractivity contribution in [3.63, 3.8) is 0 Å². The smallest absolute Gasteiger partial charge is 0.139 e. The minimum absolute atomic E-state index is 0.534. The molecule has 16 heavy (non-hydrogen) atoms. The van der Waals surface area contributed by atoms with Gasteiger partial charge in [-0.15, -0.1) is 0 Å². The van der Waals surface area contributed by atoms with E-state index in [1.165, 1.54) is 25.7 Å². The van der Waals surface area contributed by atoms with E-state index in [0.717, 1.165) is 17.5 Å². The van der Waals surface area contributed by atoms with Crippen molar-refractivity contribution in [1.29, 1.82) is 0 Å². The summed E-state index contributed by atoms with van der Waals surface area (Å²) in [4.78, 5) is 4.08. The van der Waals surface area contributed by atoms with E-state index in [-0.39, 0.29) is 0 Å². The fourth-order valence-corrected chi connectivity index (χ4v) is 1.48. The summed E-state index contributed by atoms with van der Waals surface area (Å²) in [6, 6.07) is 1.99. The second-order valence-corrected chi connectivity index (χ2v) is 4.06. The van der Waals surface area contributed by atoms with Gasteiger partial charge in [0, 0.05) is 12.6 Å². The van der Waals surface area contributed by atoms with Crippen LogP contribution in [0.25, 0.3) is 0 Å². The molecule has 0 aliphatic carbocycles. The molecule has 1 heterocycles. The fourth-order valence-electron chi connectivity index (χ4n) is 1.48. The molecule has 0 amide bonds. The molecule has 2 heteroatoms. The number of aryl methyl sites for hydroxylation is 1. The lowest BCUT2D eigenvalue weighted by Crippen LogP contribution is -1.94. The van der Waals surface area contributed by atoms with E-state index in [2.05, 4.69) is 23.7 Å². The summed E-state index contributed by atoms with van der Waals surface area (Å²) >= 11 is 0. The Labute approximate surface area is 98.3 Å². The number of unbranched alkanes of at least 4 members (excludes halogenated alkanes) is 4. The molecule has 0 aliphatic rings. The summed E-state index contributed by atoms with van der Waals surface area (Å²) in [5, 5.41) is 0. The van der Waals surface area contributed by atoms with Crippen LogP contribution < -0.4 is 5.73 Å². The molecular formula is C14H20N2. The molecule has 0 radical (unpaired) electrons. The first-order valence-corrected chi connectivity index (χ1v) is 5.95. The van der Waals surface area contributed by atoms with Gasteiger partial charge in [-0.2, -0.15) is 0 Å². The van der Waals surface area contributed by atoms with E-state index >= 15 is 0 Å². The van der Waals surface area contributed by atoms with Gasteiger partial charge in [0.05, 0.1) is 5.56 Å². The number of nitrogens with two attached hydrogens (primary N) is 1. The highest BCUT2D eigenvalue weighted by molar-refractivity contribution is 5.51. The predicted octanol–water partition coefficient (Wildman–Crippen LogP) is 3.29. The first-order chi connectivity index (χ1) is 7.74. The molecule has 2 nitrogen and oxygen atoms in total. The summed E-state index contributed by atoms with van der Waals surface area (Å²) < 4.78 is 0. The van der Waals surface area contributed by atoms with E-state index in [9.17, 15) is 0 Å². The van der Waals surface area contributed by atoms with Crippen LogP contribution in [0.5, 0.6) is 0 Å². The average Bonchev–Trinajstić information content (AvgIpc) is 2.28. The van der Waals surface area contributed by atoms with Crippen LogP contribution in [-0.4, -0.2) is 4.98 Å². The van der Waals surface area contributed by atoms with E-state index in [4.69, 9.17) is 5.73 Å². The molecule has 0 aliphatic heterocycles. The number of aromatic nitrogens is 1. The van der Waals surface area contributed by atoms with Gasteiger partial charge in [0.1, 0.15) is 5.82 Å². The van der Waals surface area contributed by atoms with Crippen LogP contribution in [0.3, 0.4) is 0 Å². The van der Waals surface area contributed by atoms with Crippen molar-refractivity contribution in [1.82, 2.24) is 4.98 Å². The average molecular weight is 216 g/mol. The summed E-state index contributed by atoms with van der Waals surface area (Å²) in [7, 11) is 0. The van der Waals surface area contributed by atoms with Crippen LogP contribution in [0.15, 0.2) is 12.3 Å². The zero-order valence-corrected chi connectivity index (χ0v) is 10.2. The summed E-state index contributed by atoms with van der Waals surface area (Å²) in [5.74, 6) is 6.79. The summed E-state index contributed by atoms with van der Waals surface area (Å²) in [6.45, 7) is 4.21. The second kappa shape index (κ2) is 6.90. The van der Waals surface area contributed by atoms with E-state index in [1.807, 2.05) is 13.0 Å². The number of nitrogens with zero attached hydrogens (tertiary/aromatic N) is 1. The molecule has 1 aromatic heterocycles. The third-order valence-electron chi connectivity index (χ3n) is 2.43. The molecule has 0 atom stereocenters. The van der Waals surface area contributed by atoms with Crippen LogP contribution in [0.2, 0.25) is 0 Å². The van der Waals surface area contributed by atoms with Crippen molar-refractivity contribution in [3.8, 4) is 11.8 Å². The van der Waals surface area contributed by atoms with Crippen LogP contribution >= 0.6 is 0 Å². The third-order valence-corrected chi connectivity index (χ3v) is 2.43. The maximum Gasteiger partial charge on any atom is 0.139 e. The molecule has 0 fully saturated rings. The Bertz CT molecular complexity index is 385. The SMILES string of the molecule is CCCCCCC#Cc1cc(C)cnc1N. The Morgan fingerprint density at radius 2 is 2.12 bits per heavy atom. The van der Waals surface area contributed by atoms with Crippen LogP contribution in [0.4, 0.5) is 5.82 Å². The zero-order chi connectivity index (χ0) is 11.8. The number of anilines is 1. The first-order valence-electron chi connectivity index (χ1n) is 5.95. The van der Waals surface area contributed by atoms with Gasteiger partial charge in [0.2, 0.25) is 0 Å². The van der Waals surface area contributed by atoms with Gasteiger partial charge >= 0.3 is 0 Å². The van der Waals surface area contributed by atoms with Gasteiger partial charge < -0.3 is 5.73 Å². The van der Waals surface area contributed by atoms with Gasteiger partial charge in [-0.3, -0.25) is 0 Å². The monoisotopic (exact) mass is 216 g/mol. The molecule has 0 unspecified atom stereocenters. The standard InChI is InChI=1S/C14H20N2/c1-3-4-5-6-7-8-9-13-10-12(2)11-16-14(13)15/h10-11H,3-7H2,1-2H3,(H2,15,16). The number of hydrogen-bond acceptors (Lipinski definition) is 2. The topological polar surface area (TPSA) is 38.9 Å². The molecule has 2 N–H and O–H groups in total. The number of hydrogen-bond donors (Lipinski definition) is 1. The van der Waals surface area contributed by atoms with Crippen molar-refractivity contribution < 1.29 is 0 Å². The van der Waals surface area contributed by atoms with Crippen molar-refractivity contribution in [2.45, 2.75) is 46.0 Å². The third kappa shape index (κ3) is 4.35. The maximum atomic E-state index is 5.74. The molecule has 1 rings (SSSR count). The van der Waals surface area contributed by atoms with Crippen molar-refractivity contribution >= 4 is 5.82 Å². The number of pyridine rings is 1. The van der Waals surface area contributed by atoms with E-state index in [1.54, 1.807) is 6.20 Å². The number of nitrogen functional groups attached to an aromatic ring is 1. The maximum absolute atomic E-state index is 5.74. The largest absolute Gasteiger partial charge is 0.383 e. The van der Waals surface area contributed by atoms with Crippen molar-refractivity contribution in [2.75, 3.05) is 5.73 Å². The summed E-state index contributed by atoms with van der Waals surface area (Å²) in [6.07, 6.45) is 7.74. The Hall–Kier alpha value is -1.49. The lowest BCUT2D eigenvalue weighted by molar-refractivity contribution is 0.679. The molecular weight excluding hydrogens is 196 g/mol. The van der Waals surface area contributed by atoms with Gasteiger partial charge in [-0.05, 0) is 25.0 Å². The lowest BCUT2D eigenvalue weighted by Gasteiger charge is -1.98. The lowest BCUT2D eigenvalue weighted by atomic mass is 10.1. The fraction of sp³-hybridized carbons (Fsp3) is 0.500. The molecule has 0 saturated heterocycles. The molecule has 0 aromatic carbocycles. The number of rotatable bonds is 4. The van der Waals surface area contributed by atoms with Crippen LogP contribution in [-0.2, 0) is 0 Å². The predicted molar refractivity (Wildman–Crippen MR) is 69.0 cm³/mol. The van der Waals surface area contributed by atoms with Gasteiger partial charge in [0.25, 0.3) is 0 Å². The second-order valence-electron chi connectivity index (χ2n) is 4.06. The van der Waals surface area contributed by atoms with Crippen molar-refractivity contribution in [3.05, 3.63) is 23.4 Å². The molecule has 1 aromatic rings. The highest BCUT2D eigenvalue weighted by atomic mass is 14.8. The molecule has 0 spiro atoms. The highest BCUT2D eigenvalue weighted by Gasteiger charge is 1.95. The van der Waals surface area contributed by atoms with Gasteiger partial charge in [-0.25, -0.2) is 4.98 Å². The quantitative estimate of drug-likeness (QED) is 0.619. The normalized spacial score (nSPS) is 9.62. The Balaban J connectivity index is 2.46. The van der Waals surface area contributed by atoms with Crippen molar-refractivity contribution in [2.24, 2.45) is 0 Å². The minimum Gasteiger partial charge on any atom is -0.383 e. The van der Waals surface area contributed by atoms with E-state index in [0.29, 0.717) is 5.82 Å². The van der Waals surface area contributed by atoms with Gasteiger partial charge in [0.15, 0.2) is 0 Å². The molecule has 0 saturated carbocycles. The van der Waals surface area contributed by atoms with Gasteiger partial charge in [-0.1, -0.05) is 38.0 Å². The summed E-state index contributed by atoms with van der Waals surface area (Å²) in [5.41, 5.74) is 7.70. The molecule has 0 bridgehead atoms. The highest BCUT2D eigenvalue weighted by Crippen LogP contribution is 2.08. The van der Waals surface area contributed by atoms with Crippen LogP contribution in [0.1, 0.15) is 50.2 Å². The minimum atomic E-state index is 0.534.